The van der Waals surface area contributed by atoms with E-state index in [1.807, 2.05) is 30.3 Å². The Morgan fingerprint density at radius 3 is 2.24 bits per heavy atom. The molecule has 0 fully saturated rings. The van der Waals surface area contributed by atoms with Crippen LogP contribution in [0.25, 0.3) is 6.08 Å². The molecule has 0 radical (unpaired) electrons. The van der Waals surface area contributed by atoms with Crippen molar-refractivity contribution < 1.29 is 24.0 Å². The van der Waals surface area contributed by atoms with E-state index in [4.69, 9.17) is 4.74 Å². The number of ether oxygens (including phenoxy) is 1. The molecule has 0 bridgehead atoms. The van der Waals surface area contributed by atoms with Gasteiger partial charge in [-0.1, -0.05) is 72.8 Å². The highest BCUT2D eigenvalue weighted by molar-refractivity contribution is 8.00. The van der Waals surface area contributed by atoms with Gasteiger partial charge in [0.15, 0.2) is 0 Å². The number of hydrogen-bond donors (Lipinski definition) is 3. The number of benzene rings is 5. The molecule has 3 amide bonds. The molecule has 11 heteroatoms. The molecular weight excluding hydrogens is 641 g/mol. The summed E-state index contributed by atoms with van der Waals surface area (Å²) in [7, 11) is 0. The van der Waals surface area contributed by atoms with E-state index in [1.165, 1.54) is 23.9 Å². The minimum atomic E-state index is -0.547. The van der Waals surface area contributed by atoms with Crippen molar-refractivity contribution in [1.82, 2.24) is 5.32 Å². The van der Waals surface area contributed by atoms with E-state index in [-0.39, 0.29) is 23.0 Å². The van der Waals surface area contributed by atoms with Crippen LogP contribution < -0.4 is 20.7 Å². The molecule has 5 rings (SSSR count). The molecule has 0 aliphatic rings. The van der Waals surface area contributed by atoms with Gasteiger partial charge in [0.2, 0.25) is 5.91 Å². The van der Waals surface area contributed by atoms with Gasteiger partial charge in [0.1, 0.15) is 18.1 Å². The van der Waals surface area contributed by atoms with Crippen LogP contribution in [0.5, 0.6) is 5.75 Å². The Labute approximate surface area is 287 Å². The maximum absolute atomic E-state index is 13.6. The third-order valence-corrected chi connectivity index (χ3v) is 8.13. The smallest absolute Gasteiger partial charge is 0.272 e. The quantitative estimate of drug-likeness (QED) is 0.0506. The van der Waals surface area contributed by atoms with Gasteiger partial charge in [0.25, 0.3) is 17.5 Å². The number of carbonyl (C=O) groups is 3. The fourth-order valence-corrected chi connectivity index (χ4v) is 5.32. The van der Waals surface area contributed by atoms with Crippen molar-refractivity contribution in [2.45, 2.75) is 18.4 Å². The number of hydrogen-bond acceptors (Lipinski definition) is 7. The molecule has 0 saturated heterocycles. The fraction of sp³-hybridized carbons (Fsp3) is 0.0789. The van der Waals surface area contributed by atoms with Gasteiger partial charge < -0.3 is 20.7 Å². The Morgan fingerprint density at radius 1 is 0.816 bits per heavy atom. The Balaban J connectivity index is 1.26. The van der Waals surface area contributed by atoms with Gasteiger partial charge in [-0.3, -0.25) is 24.5 Å². The third kappa shape index (κ3) is 10.1. The topological polar surface area (TPSA) is 140 Å². The summed E-state index contributed by atoms with van der Waals surface area (Å²) in [6.07, 6.45) is 1.58. The predicted octanol–water partition coefficient (Wildman–Crippen LogP) is 7.62. The Morgan fingerprint density at radius 2 is 1.53 bits per heavy atom. The fourth-order valence-electron chi connectivity index (χ4n) is 4.57. The summed E-state index contributed by atoms with van der Waals surface area (Å²) in [5.41, 5.74) is 3.52. The second-order valence-corrected chi connectivity index (χ2v) is 11.8. The van der Waals surface area contributed by atoms with Gasteiger partial charge in [0, 0.05) is 28.3 Å². The molecule has 10 nitrogen and oxygen atoms in total. The SMILES string of the molecule is Cc1ccc([N+](=O)[O-])cc1NC(=O)CSc1cccc(NC(=O)/C(=C\c2ccc(OCc3ccccc3)cc2)NC(=O)c2ccccc2)c1. The Kier molecular flexibility index (Phi) is 11.5. The number of anilines is 2. The summed E-state index contributed by atoms with van der Waals surface area (Å²) in [6.45, 7) is 2.16. The molecule has 0 atom stereocenters. The van der Waals surface area contributed by atoms with E-state index in [0.717, 1.165) is 5.56 Å². The number of nitro benzene ring substituents is 1. The maximum Gasteiger partial charge on any atom is 0.272 e. The van der Waals surface area contributed by atoms with E-state index in [1.54, 1.807) is 97.9 Å². The number of carbonyl (C=O) groups excluding carboxylic acids is 3. The van der Waals surface area contributed by atoms with E-state index < -0.39 is 16.7 Å². The van der Waals surface area contributed by atoms with E-state index in [2.05, 4.69) is 16.0 Å². The van der Waals surface area contributed by atoms with Gasteiger partial charge in [-0.25, -0.2) is 0 Å². The first-order valence-electron chi connectivity index (χ1n) is 15.2. The lowest BCUT2D eigenvalue weighted by atomic mass is 10.1. The standard InChI is InChI=1S/C38H32N4O6S/c1-26-15-18-31(42(46)47)23-34(26)40-36(43)25-49-33-14-8-13-30(22-33)39-38(45)35(41-37(44)29-11-6-3-7-12-29)21-27-16-19-32(20-17-27)48-24-28-9-4-2-5-10-28/h2-23H,24-25H2,1H3,(H,39,45)(H,40,43)(H,41,44)/b35-21+. The number of aryl methyl sites for hydroxylation is 1. The molecule has 0 aromatic heterocycles. The first-order valence-corrected chi connectivity index (χ1v) is 16.2. The molecule has 0 unspecified atom stereocenters. The molecule has 0 heterocycles. The summed E-state index contributed by atoms with van der Waals surface area (Å²) in [6, 6.07) is 36.8. The van der Waals surface area contributed by atoms with Crippen LogP contribution in [0, 0.1) is 17.0 Å². The zero-order valence-electron chi connectivity index (χ0n) is 26.4. The minimum Gasteiger partial charge on any atom is -0.489 e. The second kappa shape index (κ2) is 16.6. The number of amides is 3. The van der Waals surface area contributed by atoms with Gasteiger partial charge in [-0.05, 0) is 72.2 Å². The number of rotatable bonds is 13. The lowest BCUT2D eigenvalue weighted by Crippen LogP contribution is -2.30. The number of nitrogens with zero attached hydrogens (tertiary/aromatic N) is 1. The molecule has 0 saturated carbocycles. The normalized spacial score (nSPS) is 10.9. The molecule has 3 N–H and O–H groups in total. The average molecular weight is 673 g/mol. The lowest BCUT2D eigenvalue weighted by molar-refractivity contribution is -0.384. The first-order chi connectivity index (χ1) is 23.7. The Hall–Kier alpha value is -6.20. The number of thioether (sulfide) groups is 1. The summed E-state index contributed by atoms with van der Waals surface area (Å²) < 4.78 is 5.87. The average Bonchev–Trinajstić information content (AvgIpc) is 3.12. The summed E-state index contributed by atoms with van der Waals surface area (Å²) in [4.78, 5) is 50.6. The van der Waals surface area contributed by atoms with Crippen molar-refractivity contribution >= 4 is 52.6 Å². The molecule has 0 aliphatic heterocycles. The first kappa shape index (κ1) is 34.1. The maximum atomic E-state index is 13.6. The molecule has 0 spiro atoms. The van der Waals surface area contributed by atoms with Crippen LogP contribution in [0.2, 0.25) is 0 Å². The summed E-state index contributed by atoms with van der Waals surface area (Å²) >= 11 is 1.23. The van der Waals surface area contributed by atoms with Crippen molar-refractivity contribution in [3.8, 4) is 5.75 Å². The lowest BCUT2D eigenvalue weighted by Gasteiger charge is -2.13. The van der Waals surface area contributed by atoms with Crippen molar-refractivity contribution in [3.63, 3.8) is 0 Å². The highest BCUT2D eigenvalue weighted by Crippen LogP contribution is 2.25. The zero-order chi connectivity index (χ0) is 34.6. The van der Waals surface area contributed by atoms with Crippen LogP contribution in [0.1, 0.15) is 27.0 Å². The monoisotopic (exact) mass is 672 g/mol. The highest BCUT2D eigenvalue weighted by Gasteiger charge is 2.16. The van der Waals surface area contributed by atoms with Gasteiger partial charge >= 0.3 is 0 Å². The van der Waals surface area contributed by atoms with E-state index >= 15 is 0 Å². The van der Waals surface area contributed by atoms with Crippen LogP contribution in [-0.4, -0.2) is 28.4 Å². The summed E-state index contributed by atoms with van der Waals surface area (Å²) in [5.74, 6) is -0.645. The van der Waals surface area contributed by atoms with Crippen LogP contribution in [0.3, 0.4) is 0 Å². The van der Waals surface area contributed by atoms with Crippen molar-refractivity contribution in [2.75, 3.05) is 16.4 Å². The van der Waals surface area contributed by atoms with Crippen molar-refractivity contribution in [3.05, 3.63) is 165 Å². The molecule has 5 aromatic carbocycles. The van der Waals surface area contributed by atoms with Crippen LogP contribution >= 0.6 is 11.8 Å². The van der Waals surface area contributed by atoms with E-state index in [0.29, 0.717) is 45.3 Å². The predicted molar refractivity (Wildman–Crippen MR) is 191 cm³/mol. The second-order valence-electron chi connectivity index (χ2n) is 10.8. The van der Waals surface area contributed by atoms with Gasteiger partial charge in [0.05, 0.1) is 16.4 Å². The Bertz CT molecular complexity index is 1980. The van der Waals surface area contributed by atoms with Crippen LogP contribution in [-0.2, 0) is 16.2 Å². The molecule has 246 valence electrons. The number of non-ortho nitro benzene ring substituents is 1. The highest BCUT2D eigenvalue weighted by atomic mass is 32.2. The minimum absolute atomic E-state index is 0.0246. The zero-order valence-corrected chi connectivity index (χ0v) is 27.2. The molecule has 49 heavy (non-hydrogen) atoms. The van der Waals surface area contributed by atoms with Gasteiger partial charge in [-0.15, -0.1) is 11.8 Å². The third-order valence-electron chi connectivity index (χ3n) is 7.14. The van der Waals surface area contributed by atoms with Crippen molar-refractivity contribution in [1.29, 1.82) is 0 Å². The largest absolute Gasteiger partial charge is 0.489 e. The molecule has 0 aliphatic carbocycles. The molecular formula is C38H32N4O6S. The number of nitrogens with one attached hydrogen (secondary N) is 3. The van der Waals surface area contributed by atoms with Crippen molar-refractivity contribution in [2.24, 2.45) is 0 Å². The number of nitro groups is 1. The summed E-state index contributed by atoms with van der Waals surface area (Å²) in [5, 5.41) is 19.4. The van der Waals surface area contributed by atoms with E-state index in [9.17, 15) is 24.5 Å². The van der Waals surface area contributed by atoms with Crippen LogP contribution in [0.15, 0.2) is 138 Å². The van der Waals surface area contributed by atoms with Crippen LogP contribution in [0.4, 0.5) is 17.1 Å². The van der Waals surface area contributed by atoms with Gasteiger partial charge in [-0.2, -0.15) is 0 Å². The molecule has 5 aromatic rings.